The molecule has 3 atom stereocenters. The Bertz CT molecular complexity index is 233. The third-order valence-electron chi connectivity index (χ3n) is 3.51. The molecule has 1 aliphatic heterocycles. The molecule has 5 heteroatoms. The second kappa shape index (κ2) is 6.18. The summed E-state index contributed by atoms with van der Waals surface area (Å²) in [6.07, 6.45) is 2.10. The second-order valence-electron chi connectivity index (χ2n) is 4.74. The van der Waals surface area contributed by atoms with Gasteiger partial charge in [-0.15, -0.1) is 0 Å². The number of aliphatic hydroxyl groups is 1. The van der Waals surface area contributed by atoms with Gasteiger partial charge < -0.3 is 10.0 Å². The van der Waals surface area contributed by atoms with Crippen molar-refractivity contribution in [2.45, 2.75) is 45.3 Å². The minimum absolute atomic E-state index is 0.113. The molecule has 94 valence electrons. The van der Waals surface area contributed by atoms with Gasteiger partial charge in [0.2, 0.25) is 5.91 Å². The SMILES string of the molecule is CC(O)C1CCN(C(C)CCC(=O)NN)C1. The Morgan fingerprint density at radius 3 is 2.81 bits per heavy atom. The van der Waals surface area contributed by atoms with Gasteiger partial charge in [0, 0.05) is 19.0 Å². The predicted molar refractivity (Wildman–Crippen MR) is 62.4 cm³/mol. The van der Waals surface area contributed by atoms with Crippen molar-refractivity contribution in [3.05, 3.63) is 0 Å². The molecule has 1 saturated heterocycles. The van der Waals surface area contributed by atoms with Gasteiger partial charge in [-0.3, -0.25) is 10.2 Å². The molecule has 0 aromatic carbocycles. The zero-order valence-corrected chi connectivity index (χ0v) is 10.1. The van der Waals surface area contributed by atoms with E-state index in [9.17, 15) is 9.90 Å². The van der Waals surface area contributed by atoms with Crippen molar-refractivity contribution in [3.63, 3.8) is 0 Å². The van der Waals surface area contributed by atoms with E-state index < -0.39 is 0 Å². The highest BCUT2D eigenvalue weighted by molar-refractivity contribution is 5.75. The maximum Gasteiger partial charge on any atom is 0.233 e. The van der Waals surface area contributed by atoms with E-state index >= 15 is 0 Å². The zero-order chi connectivity index (χ0) is 12.1. The van der Waals surface area contributed by atoms with Gasteiger partial charge in [-0.1, -0.05) is 0 Å². The monoisotopic (exact) mass is 229 g/mol. The fraction of sp³-hybridized carbons (Fsp3) is 0.909. The highest BCUT2D eigenvalue weighted by Gasteiger charge is 2.28. The third-order valence-corrected chi connectivity index (χ3v) is 3.51. The van der Waals surface area contributed by atoms with Crippen LogP contribution in [0.5, 0.6) is 0 Å². The first kappa shape index (κ1) is 13.4. The number of nitrogens with zero attached hydrogens (tertiary/aromatic N) is 1. The van der Waals surface area contributed by atoms with Crippen molar-refractivity contribution in [2.75, 3.05) is 13.1 Å². The summed E-state index contributed by atoms with van der Waals surface area (Å²) < 4.78 is 0. The topological polar surface area (TPSA) is 78.6 Å². The van der Waals surface area contributed by atoms with Crippen molar-refractivity contribution >= 4 is 5.91 Å². The van der Waals surface area contributed by atoms with Crippen LogP contribution in [0.2, 0.25) is 0 Å². The summed E-state index contributed by atoms with van der Waals surface area (Å²) in [4.78, 5) is 13.3. The number of amides is 1. The molecule has 0 saturated carbocycles. The van der Waals surface area contributed by atoms with Gasteiger partial charge in [-0.2, -0.15) is 0 Å². The van der Waals surface area contributed by atoms with E-state index in [4.69, 9.17) is 5.84 Å². The molecule has 0 aromatic heterocycles. The molecule has 0 bridgehead atoms. The molecule has 3 unspecified atom stereocenters. The summed E-state index contributed by atoms with van der Waals surface area (Å²) in [6.45, 7) is 5.92. The highest BCUT2D eigenvalue weighted by Crippen LogP contribution is 2.22. The first-order chi connectivity index (χ1) is 7.54. The number of aliphatic hydroxyl groups excluding tert-OH is 1. The first-order valence-electron chi connectivity index (χ1n) is 5.96. The molecule has 16 heavy (non-hydrogen) atoms. The molecule has 1 fully saturated rings. The average Bonchev–Trinajstić information content (AvgIpc) is 2.74. The molecule has 1 aliphatic rings. The summed E-state index contributed by atoms with van der Waals surface area (Å²) in [5, 5.41) is 9.50. The highest BCUT2D eigenvalue weighted by atomic mass is 16.3. The van der Waals surface area contributed by atoms with Gasteiger partial charge in [-0.05, 0) is 39.2 Å². The second-order valence-corrected chi connectivity index (χ2v) is 4.74. The number of likely N-dealkylation sites (tertiary alicyclic amines) is 1. The van der Waals surface area contributed by atoms with Crippen LogP contribution in [0, 0.1) is 5.92 Å². The first-order valence-corrected chi connectivity index (χ1v) is 5.96. The molecular weight excluding hydrogens is 206 g/mol. The number of hydrogen-bond donors (Lipinski definition) is 3. The van der Waals surface area contributed by atoms with E-state index in [-0.39, 0.29) is 12.0 Å². The number of carbonyl (C=O) groups is 1. The van der Waals surface area contributed by atoms with Gasteiger partial charge in [0.25, 0.3) is 0 Å². The Morgan fingerprint density at radius 1 is 1.62 bits per heavy atom. The van der Waals surface area contributed by atoms with E-state index in [0.29, 0.717) is 18.4 Å². The number of carbonyl (C=O) groups excluding carboxylic acids is 1. The Hall–Kier alpha value is -0.650. The predicted octanol–water partition coefficient (Wildman–Crippen LogP) is -0.152. The van der Waals surface area contributed by atoms with Crippen LogP contribution < -0.4 is 11.3 Å². The van der Waals surface area contributed by atoms with Crippen molar-refractivity contribution in [2.24, 2.45) is 11.8 Å². The van der Waals surface area contributed by atoms with E-state index in [0.717, 1.165) is 25.9 Å². The van der Waals surface area contributed by atoms with E-state index in [2.05, 4.69) is 17.2 Å². The quantitative estimate of drug-likeness (QED) is 0.348. The molecule has 0 aromatic rings. The van der Waals surface area contributed by atoms with Gasteiger partial charge in [0.15, 0.2) is 0 Å². The number of nitrogens with two attached hydrogens (primary N) is 1. The zero-order valence-electron chi connectivity index (χ0n) is 10.1. The van der Waals surface area contributed by atoms with Crippen molar-refractivity contribution in [3.8, 4) is 0 Å². The van der Waals surface area contributed by atoms with Crippen LogP contribution in [0.3, 0.4) is 0 Å². The molecular formula is C11H23N3O2. The van der Waals surface area contributed by atoms with Gasteiger partial charge >= 0.3 is 0 Å². The molecule has 1 amide bonds. The molecule has 1 rings (SSSR count). The van der Waals surface area contributed by atoms with Gasteiger partial charge in [0.05, 0.1) is 6.10 Å². The molecule has 4 N–H and O–H groups in total. The summed E-state index contributed by atoms with van der Waals surface area (Å²) in [5.41, 5.74) is 2.14. The molecule has 0 radical (unpaired) electrons. The molecule has 0 spiro atoms. The number of rotatable bonds is 5. The molecule has 0 aliphatic carbocycles. The number of hydrazine groups is 1. The lowest BCUT2D eigenvalue weighted by Gasteiger charge is -2.24. The van der Waals surface area contributed by atoms with Crippen molar-refractivity contribution in [1.29, 1.82) is 0 Å². The minimum Gasteiger partial charge on any atom is -0.393 e. The Labute approximate surface area is 97.0 Å². The van der Waals surface area contributed by atoms with Crippen molar-refractivity contribution in [1.82, 2.24) is 10.3 Å². The van der Waals surface area contributed by atoms with E-state index in [1.807, 2.05) is 6.92 Å². The number of nitrogens with one attached hydrogen (secondary N) is 1. The lowest BCUT2D eigenvalue weighted by atomic mass is 10.0. The fourth-order valence-electron chi connectivity index (χ4n) is 2.20. The molecule has 1 heterocycles. The van der Waals surface area contributed by atoms with Crippen molar-refractivity contribution < 1.29 is 9.90 Å². The summed E-state index contributed by atoms with van der Waals surface area (Å²) in [6, 6.07) is 0.376. The van der Waals surface area contributed by atoms with E-state index in [1.165, 1.54) is 0 Å². The van der Waals surface area contributed by atoms with E-state index in [1.54, 1.807) is 0 Å². The standard InChI is InChI=1S/C11H23N3O2/c1-8(3-4-11(16)13-12)14-6-5-10(7-14)9(2)15/h8-10,15H,3-7,12H2,1-2H3,(H,13,16). The Morgan fingerprint density at radius 2 is 2.31 bits per heavy atom. The van der Waals surface area contributed by atoms with Crippen LogP contribution in [0.15, 0.2) is 0 Å². The maximum absolute atomic E-state index is 11.0. The van der Waals surface area contributed by atoms with Gasteiger partial charge in [-0.25, -0.2) is 5.84 Å². The lowest BCUT2D eigenvalue weighted by Crippen LogP contribution is -2.35. The maximum atomic E-state index is 11.0. The minimum atomic E-state index is -0.232. The average molecular weight is 229 g/mol. The Balaban J connectivity index is 2.28. The Kier molecular flexibility index (Phi) is 5.18. The smallest absolute Gasteiger partial charge is 0.233 e. The summed E-state index contributed by atoms with van der Waals surface area (Å²) >= 11 is 0. The normalized spacial score (nSPS) is 25.4. The summed E-state index contributed by atoms with van der Waals surface area (Å²) in [5.74, 6) is 5.29. The largest absolute Gasteiger partial charge is 0.393 e. The molecule has 5 nitrogen and oxygen atoms in total. The van der Waals surface area contributed by atoms with Crippen LogP contribution in [-0.2, 0) is 4.79 Å². The van der Waals surface area contributed by atoms with Gasteiger partial charge in [0.1, 0.15) is 0 Å². The fourth-order valence-corrected chi connectivity index (χ4v) is 2.20. The summed E-state index contributed by atoms with van der Waals surface area (Å²) in [7, 11) is 0. The van der Waals surface area contributed by atoms with Crippen LogP contribution in [0.1, 0.15) is 33.1 Å². The van der Waals surface area contributed by atoms with Crippen LogP contribution in [-0.4, -0.2) is 41.1 Å². The van der Waals surface area contributed by atoms with Crippen LogP contribution in [0.4, 0.5) is 0 Å². The number of hydrogen-bond acceptors (Lipinski definition) is 4. The van der Waals surface area contributed by atoms with Crippen LogP contribution in [0.25, 0.3) is 0 Å². The lowest BCUT2D eigenvalue weighted by molar-refractivity contribution is -0.121. The third kappa shape index (κ3) is 3.73. The van der Waals surface area contributed by atoms with Crippen LogP contribution >= 0.6 is 0 Å².